The van der Waals surface area contributed by atoms with Crippen molar-refractivity contribution >= 4 is 17.9 Å². The molecule has 1 aliphatic rings. The van der Waals surface area contributed by atoms with E-state index in [9.17, 15) is 4.79 Å². The van der Waals surface area contributed by atoms with Crippen molar-refractivity contribution in [1.82, 2.24) is 0 Å². The van der Waals surface area contributed by atoms with E-state index in [2.05, 4.69) is 4.99 Å². The van der Waals surface area contributed by atoms with Gasteiger partial charge in [-0.2, -0.15) is 0 Å². The molecule has 0 spiro atoms. The molecule has 1 aromatic heterocycles. The van der Waals surface area contributed by atoms with Crippen LogP contribution < -0.4 is 4.57 Å². The molecule has 0 fully saturated rings. The van der Waals surface area contributed by atoms with Crippen LogP contribution in [0.4, 0.5) is 0 Å². The molecule has 0 unspecified atom stereocenters. The van der Waals surface area contributed by atoms with Crippen molar-refractivity contribution in [3.8, 4) is 0 Å². The summed E-state index contributed by atoms with van der Waals surface area (Å²) in [6.07, 6.45) is 5.56. The molecule has 0 amide bonds. The van der Waals surface area contributed by atoms with Crippen LogP contribution in [0.3, 0.4) is 0 Å². The number of pyridine rings is 1. The van der Waals surface area contributed by atoms with E-state index in [0.717, 1.165) is 11.1 Å². The highest BCUT2D eigenvalue weighted by Crippen LogP contribution is 2.18. The van der Waals surface area contributed by atoms with Crippen molar-refractivity contribution in [2.75, 3.05) is 0 Å². The Hall–Kier alpha value is -2.75. The molecule has 0 saturated heterocycles. The molecule has 0 aliphatic carbocycles. The molecular weight excluding hydrogens is 252 g/mol. The topological polar surface area (TPSA) is 42.5 Å². The summed E-state index contributed by atoms with van der Waals surface area (Å²) in [6.45, 7) is 0. The van der Waals surface area contributed by atoms with Crippen LogP contribution in [0.25, 0.3) is 6.08 Å². The van der Waals surface area contributed by atoms with Gasteiger partial charge in [-0.15, -0.1) is 0 Å². The lowest BCUT2D eigenvalue weighted by molar-refractivity contribution is -0.671. The zero-order valence-electron chi connectivity index (χ0n) is 11.0. The third-order valence-electron chi connectivity index (χ3n) is 2.91. The number of aryl methyl sites for hydroxylation is 1. The van der Waals surface area contributed by atoms with Crippen LogP contribution in [-0.4, -0.2) is 11.9 Å². The predicted octanol–water partition coefficient (Wildman–Crippen LogP) is 1.86. The van der Waals surface area contributed by atoms with Gasteiger partial charge in [-0.3, -0.25) is 0 Å². The maximum Gasteiger partial charge on any atom is 0.363 e. The standard InChI is InChI=1S/C16H13N2O2/c1-18-9-5-6-12(11-18)10-14-16(19)20-15(17-14)13-7-3-2-4-8-13/h2-11H,1H3/q+1/b14-10-. The van der Waals surface area contributed by atoms with Gasteiger partial charge >= 0.3 is 5.97 Å². The molecule has 0 radical (unpaired) electrons. The van der Waals surface area contributed by atoms with Gasteiger partial charge in [0.15, 0.2) is 18.1 Å². The number of aromatic nitrogens is 1. The first-order valence-corrected chi connectivity index (χ1v) is 6.26. The number of cyclic esters (lactones) is 1. The highest BCUT2D eigenvalue weighted by molar-refractivity contribution is 6.12. The largest absolute Gasteiger partial charge is 0.402 e. The molecular formula is C16H13N2O2+. The minimum absolute atomic E-state index is 0.315. The highest BCUT2D eigenvalue weighted by atomic mass is 16.6. The van der Waals surface area contributed by atoms with Crippen molar-refractivity contribution in [2.45, 2.75) is 0 Å². The number of carbonyl (C=O) groups excluding carboxylic acids is 1. The highest BCUT2D eigenvalue weighted by Gasteiger charge is 2.24. The molecule has 0 atom stereocenters. The van der Waals surface area contributed by atoms with Crippen molar-refractivity contribution in [3.63, 3.8) is 0 Å². The van der Waals surface area contributed by atoms with Gasteiger partial charge in [0.05, 0.1) is 0 Å². The third-order valence-corrected chi connectivity index (χ3v) is 2.91. The van der Waals surface area contributed by atoms with Crippen molar-refractivity contribution in [1.29, 1.82) is 0 Å². The summed E-state index contributed by atoms with van der Waals surface area (Å²) in [5.41, 5.74) is 2.01. The first-order valence-electron chi connectivity index (χ1n) is 6.26. The number of hydrogen-bond acceptors (Lipinski definition) is 3. The molecule has 4 heteroatoms. The van der Waals surface area contributed by atoms with Gasteiger partial charge in [0, 0.05) is 17.2 Å². The molecule has 0 bridgehead atoms. The Labute approximate surface area is 116 Å². The zero-order chi connectivity index (χ0) is 13.9. The van der Waals surface area contributed by atoms with E-state index in [4.69, 9.17) is 4.74 Å². The quantitative estimate of drug-likeness (QED) is 0.472. The monoisotopic (exact) mass is 265 g/mol. The van der Waals surface area contributed by atoms with E-state index in [0.29, 0.717) is 11.6 Å². The molecule has 1 aromatic carbocycles. The lowest BCUT2D eigenvalue weighted by Crippen LogP contribution is -2.26. The SMILES string of the molecule is C[n+]1cccc(/C=C2\N=C(c3ccccc3)OC2=O)c1. The average molecular weight is 265 g/mol. The Morgan fingerprint density at radius 2 is 1.95 bits per heavy atom. The summed E-state index contributed by atoms with van der Waals surface area (Å²) in [5.74, 6) is -0.0717. The Balaban J connectivity index is 1.95. The lowest BCUT2D eigenvalue weighted by Gasteiger charge is -1.97. The number of carbonyl (C=O) groups is 1. The first-order chi connectivity index (χ1) is 9.72. The molecule has 4 nitrogen and oxygen atoms in total. The number of nitrogens with zero attached hydrogens (tertiary/aromatic N) is 2. The molecule has 0 N–H and O–H groups in total. The van der Waals surface area contributed by atoms with Gasteiger partial charge in [0.2, 0.25) is 5.90 Å². The Morgan fingerprint density at radius 3 is 2.70 bits per heavy atom. The number of rotatable bonds is 2. The fourth-order valence-corrected chi connectivity index (χ4v) is 1.97. The Bertz CT molecular complexity index is 718. The second-order valence-electron chi connectivity index (χ2n) is 4.50. The van der Waals surface area contributed by atoms with Crippen molar-refractivity contribution < 1.29 is 14.1 Å². The van der Waals surface area contributed by atoms with Gasteiger partial charge in [-0.25, -0.2) is 14.4 Å². The minimum atomic E-state index is -0.421. The summed E-state index contributed by atoms with van der Waals surface area (Å²) in [6, 6.07) is 13.2. The van der Waals surface area contributed by atoms with E-state index in [1.54, 1.807) is 6.08 Å². The average Bonchev–Trinajstić information content (AvgIpc) is 2.81. The van der Waals surface area contributed by atoms with Gasteiger partial charge in [-0.05, 0) is 24.3 Å². The van der Waals surface area contributed by atoms with Crippen LogP contribution >= 0.6 is 0 Å². The smallest absolute Gasteiger partial charge is 0.363 e. The number of aliphatic imine (C=N–C) groups is 1. The fraction of sp³-hybridized carbons (Fsp3) is 0.0625. The van der Waals surface area contributed by atoms with Crippen LogP contribution in [0.15, 0.2) is 65.5 Å². The van der Waals surface area contributed by atoms with Crippen molar-refractivity contribution in [3.05, 3.63) is 71.7 Å². The van der Waals surface area contributed by atoms with E-state index in [-0.39, 0.29) is 0 Å². The molecule has 0 saturated carbocycles. The maximum absolute atomic E-state index is 11.8. The first kappa shape index (κ1) is 12.3. The Kier molecular flexibility index (Phi) is 3.13. The zero-order valence-corrected chi connectivity index (χ0v) is 11.0. The predicted molar refractivity (Wildman–Crippen MR) is 74.7 cm³/mol. The van der Waals surface area contributed by atoms with E-state index >= 15 is 0 Å². The third kappa shape index (κ3) is 2.49. The van der Waals surface area contributed by atoms with Gasteiger partial charge < -0.3 is 4.74 Å². The number of ether oxygens (including phenoxy) is 1. The second kappa shape index (κ2) is 5.09. The summed E-state index contributed by atoms with van der Waals surface area (Å²) in [5, 5.41) is 0. The van der Waals surface area contributed by atoms with Gasteiger partial charge in [0.1, 0.15) is 7.05 Å². The van der Waals surface area contributed by atoms with Gasteiger partial charge in [0.25, 0.3) is 0 Å². The van der Waals surface area contributed by atoms with Crippen molar-refractivity contribution in [2.24, 2.45) is 12.0 Å². The molecule has 98 valence electrons. The second-order valence-corrected chi connectivity index (χ2v) is 4.50. The number of hydrogen-bond donors (Lipinski definition) is 0. The normalized spacial score (nSPS) is 16.1. The van der Waals surface area contributed by atoms with Crippen LogP contribution in [0, 0.1) is 0 Å². The molecule has 20 heavy (non-hydrogen) atoms. The summed E-state index contributed by atoms with van der Waals surface area (Å²) >= 11 is 0. The summed E-state index contributed by atoms with van der Waals surface area (Å²) in [4.78, 5) is 16.1. The number of esters is 1. The molecule has 1 aliphatic heterocycles. The van der Waals surface area contributed by atoms with Crippen LogP contribution in [0.1, 0.15) is 11.1 Å². The molecule has 3 rings (SSSR count). The molecule has 2 aromatic rings. The summed E-state index contributed by atoms with van der Waals surface area (Å²) in [7, 11) is 1.92. The van der Waals surface area contributed by atoms with E-state index in [1.165, 1.54) is 0 Å². The van der Waals surface area contributed by atoms with Gasteiger partial charge in [-0.1, -0.05) is 18.2 Å². The summed E-state index contributed by atoms with van der Waals surface area (Å²) < 4.78 is 7.11. The number of benzene rings is 1. The molecule has 2 heterocycles. The van der Waals surface area contributed by atoms with Crippen LogP contribution in [-0.2, 0) is 16.6 Å². The lowest BCUT2D eigenvalue weighted by atomic mass is 10.2. The van der Waals surface area contributed by atoms with E-state index in [1.807, 2.05) is 66.5 Å². The maximum atomic E-state index is 11.8. The minimum Gasteiger partial charge on any atom is -0.402 e. The fourth-order valence-electron chi connectivity index (χ4n) is 1.97. The van der Waals surface area contributed by atoms with E-state index < -0.39 is 5.97 Å². The Morgan fingerprint density at radius 1 is 1.15 bits per heavy atom. The van der Waals surface area contributed by atoms with Crippen LogP contribution in [0.2, 0.25) is 0 Å². The van der Waals surface area contributed by atoms with Crippen LogP contribution in [0.5, 0.6) is 0 Å².